The van der Waals surface area contributed by atoms with Crippen molar-refractivity contribution in [1.82, 2.24) is 0 Å². The van der Waals surface area contributed by atoms with E-state index in [1.54, 1.807) is 0 Å². The first-order valence-electron chi connectivity index (χ1n) is 27.5. The van der Waals surface area contributed by atoms with Gasteiger partial charge in [0.15, 0.2) is 6.29 Å². The van der Waals surface area contributed by atoms with Crippen LogP contribution in [0.15, 0.2) is 60.8 Å². The van der Waals surface area contributed by atoms with Gasteiger partial charge < -0.3 is 34.3 Å². The fourth-order valence-corrected chi connectivity index (χ4v) is 8.69. The SMILES string of the molecule is CCCCCC/C=C\C/C=C\CCCCCCCCCCOCC(COC1OC(CO)C(O)C(OS(=O)(=O)O)C1O)OC(=O)CCCCCCCCCC/C=C\C/C=C\C/C=C\CCCCCCC. The number of hydrogen-bond donors (Lipinski definition) is 4. The van der Waals surface area contributed by atoms with Gasteiger partial charge in [-0.3, -0.25) is 9.35 Å². The molecule has 1 aliphatic rings. The lowest BCUT2D eigenvalue weighted by molar-refractivity contribution is -0.301. The van der Waals surface area contributed by atoms with Crippen LogP contribution in [0.25, 0.3) is 0 Å². The van der Waals surface area contributed by atoms with Crippen molar-refractivity contribution < 1.29 is 56.2 Å². The molecule has 1 saturated heterocycles. The summed E-state index contributed by atoms with van der Waals surface area (Å²) in [5.41, 5.74) is 0. The Hall–Kier alpha value is -2.20. The summed E-state index contributed by atoms with van der Waals surface area (Å²) in [5.74, 6) is -0.408. The Balaban J connectivity index is 2.34. The van der Waals surface area contributed by atoms with Crippen molar-refractivity contribution >= 4 is 16.4 Å². The molecule has 6 atom stereocenters. The summed E-state index contributed by atoms with van der Waals surface area (Å²) in [6.07, 6.45) is 51.0. The highest BCUT2D eigenvalue weighted by molar-refractivity contribution is 7.80. The molecule has 1 aliphatic heterocycles. The number of allylic oxidation sites excluding steroid dienone is 10. The van der Waals surface area contributed by atoms with Crippen molar-refractivity contribution in [3.8, 4) is 0 Å². The summed E-state index contributed by atoms with van der Waals surface area (Å²) in [4.78, 5) is 12.9. The van der Waals surface area contributed by atoms with Gasteiger partial charge in [-0.1, -0.05) is 197 Å². The molecule has 0 amide bonds. The Bertz CT molecular complexity index is 1430. The van der Waals surface area contributed by atoms with Crippen molar-refractivity contribution in [3.05, 3.63) is 60.8 Å². The maximum Gasteiger partial charge on any atom is 0.397 e. The third-order valence-corrected chi connectivity index (χ3v) is 12.8. The quantitative estimate of drug-likeness (QED) is 0.0197. The molecule has 1 rings (SSSR count). The highest BCUT2D eigenvalue weighted by atomic mass is 32.3. The fraction of sp³-hybridized carbons (Fsp3) is 0.804. The lowest BCUT2D eigenvalue weighted by Crippen LogP contribution is -2.60. The average molecular weight is 997 g/mol. The monoisotopic (exact) mass is 997 g/mol. The van der Waals surface area contributed by atoms with Gasteiger partial charge >= 0.3 is 16.4 Å². The molecular weight excluding hydrogens is 897 g/mol. The Labute approximate surface area is 420 Å². The molecule has 0 saturated carbocycles. The topological polar surface area (TPSA) is 178 Å². The zero-order valence-electron chi connectivity index (χ0n) is 43.4. The number of carbonyl (C=O) groups excluding carboxylic acids is 1. The standard InChI is InChI=1S/C56H100O12S/c1-3-5-7-9-11-13-15-17-19-21-23-24-25-26-27-29-31-33-35-37-39-41-43-45-52(58)66-50(49-65-56-54(60)55(68-69(61,62)63)53(59)51(47-57)67-56)48-64-46-44-42-40-38-36-34-32-30-28-22-20-18-16-14-12-10-8-6-4-2/h14-17,20-23,25-26,50-51,53-57,59-60H,3-13,18-19,24,27-49H2,1-2H3,(H,61,62,63)/b16-14-,17-15-,22-20-,23-21-,26-25-. The molecule has 12 nitrogen and oxygen atoms in total. The smallest absolute Gasteiger partial charge is 0.397 e. The second kappa shape index (κ2) is 46.8. The van der Waals surface area contributed by atoms with Crippen molar-refractivity contribution in [2.75, 3.05) is 26.4 Å². The number of aliphatic hydroxyl groups excluding tert-OH is 3. The molecule has 1 heterocycles. The van der Waals surface area contributed by atoms with Gasteiger partial charge in [0.25, 0.3) is 0 Å². The van der Waals surface area contributed by atoms with E-state index in [2.05, 4.69) is 78.8 Å². The maximum atomic E-state index is 12.9. The predicted molar refractivity (Wildman–Crippen MR) is 280 cm³/mol. The average Bonchev–Trinajstić information content (AvgIpc) is 3.32. The molecule has 13 heteroatoms. The minimum Gasteiger partial charge on any atom is -0.457 e. The molecule has 0 aromatic carbocycles. The van der Waals surface area contributed by atoms with Crippen LogP contribution in [0.5, 0.6) is 0 Å². The molecular formula is C56H100O12S. The predicted octanol–water partition coefficient (Wildman–Crippen LogP) is 13.3. The van der Waals surface area contributed by atoms with E-state index in [0.29, 0.717) is 13.0 Å². The Kier molecular flexibility index (Phi) is 44.0. The largest absolute Gasteiger partial charge is 0.457 e. The zero-order chi connectivity index (χ0) is 50.3. The van der Waals surface area contributed by atoms with Gasteiger partial charge in [0.2, 0.25) is 0 Å². The van der Waals surface area contributed by atoms with Crippen LogP contribution in [0.4, 0.5) is 0 Å². The number of unbranched alkanes of at least 4 members (excludes halogenated alkanes) is 25. The third-order valence-electron chi connectivity index (χ3n) is 12.4. The van der Waals surface area contributed by atoms with Crippen molar-refractivity contribution in [1.29, 1.82) is 0 Å². The summed E-state index contributed by atoms with van der Waals surface area (Å²) in [6.45, 7) is 3.96. The van der Waals surface area contributed by atoms with Gasteiger partial charge in [-0.05, 0) is 83.5 Å². The van der Waals surface area contributed by atoms with Crippen molar-refractivity contribution in [2.24, 2.45) is 0 Å². The van der Waals surface area contributed by atoms with Gasteiger partial charge in [0.05, 0.1) is 19.8 Å². The number of aliphatic hydroxyl groups is 3. The van der Waals surface area contributed by atoms with Crippen LogP contribution in [0.1, 0.15) is 226 Å². The number of rotatable bonds is 48. The molecule has 0 spiro atoms. The number of ether oxygens (including phenoxy) is 4. The van der Waals surface area contributed by atoms with Gasteiger partial charge in [-0.25, -0.2) is 4.18 Å². The van der Waals surface area contributed by atoms with E-state index in [4.69, 9.17) is 18.9 Å². The molecule has 402 valence electrons. The summed E-state index contributed by atoms with van der Waals surface area (Å²) in [7, 11) is -5.07. The fourth-order valence-electron chi connectivity index (χ4n) is 8.18. The van der Waals surface area contributed by atoms with E-state index >= 15 is 0 Å². The van der Waals surface area contributed by atoms with Crippen LogP contribution >= 0.6 is 0 Å². The first-order valence-corrected chi connectivity index (χ1v) is 28.9. The second-order valence-electron chi connectivity index (χ2n) is 18.8. The van der Waals surface area contributed by atoms with E-state index in [1.165, 1.54) is 128 Å². The van der Waals surface area contributed by atoms with Crippen molar-refractivity contribution in [3.63, 3.8) is 0 Å². The summed E-state index contributed by atoms with van der Waals surface area (Å²) in [6, 6.07) is 0. The van der Waals surface area contributed by atoms with Gasteiger partial charge in [0, 0.05) is 13.0 Å². The first kappa shape index (κ1) is 64.8. The minimum atomic E-state index is -5.07. The van der Waals surface area contributed by atoms with Gasteiger partial charge in [-0.15, -0.1) is 0 Å². The van der Waals surface area contributed by atoms with E-state index in [9.17, 15) is 33.1 Å². The van der Waals surface area contributed by atoms with Crippen LogP contribution in [0.3, 0.4) is 0 Å². The molecule has 6 unspecified atom stereocenters. The van der Waals surface area contributed by atoms with E-state index in [0.717, 1.165) is 70.6 Å². The van der Waals surface area contributed by atoms with E-state index < -0.39 is 59.8 Å². The van der Waals surface area contributed by atoms with Crippen LogP contribution in [-0.2, 0) is 38.3 Å². The number of esters is 1. The van der Waals surface area contributed by atoms with Crippen LogP contribution in [0, 0.1) is 0 Å². The summed E-state index contributed by atoms with van der Waals surface area (Å²) < 4.78 is 59.3. The maximum absolute atomic E-state index is 12.9. The van der Waals surface area contributed by atoms with Gasteiger partial charge in [0.1, 0.15) is 30.5 Å². The van der Waals surface area contributed by atoms with Crippen LogP contribution in [-0.4, -0.2) is 97.5 Å². The Morgan fingerprint density at radius 1 is 0.551 bits per heavy atom. The normalized spacial score (nSPS) is 19.7. The highest BCUT2D eigenvalue weighted by Gasteiger charge is 2.48. The molecule has 0 aromatic rings. The lowest BCUT2D eigenvalue weighted by Gasteiger charge is -2.41. The van der Waals surface area contributed by atoms with Crippen LogP contribution in [0.2, 0.25) is 0 Å². The second-order valence-corrected chi connectivity index (χ2v) is 19.9. The lowest BCUT2D eigenvalue weighted by atomic mass is 9.99. The third kappa shape index (κ3) is 40.0. The highest BCUT2D eigenvalue weighted by Crippen LogP contribution is 2.26. The summed E-state index contributed by atoms with van der Waals surface area (Å²) >= 11 is 0. The summed E-state index contributed by atoms with van der Waals surface area (Å²) in [5, 5.41) is 30.8. The molecule has 1 fully saturated rings. The molecule has 0 bridgehead atoms. The Morgan fingerprint density at radius 3 is 1.41 bits per heavy atom. The van der Waals surface area contributed by atoms with E-state index in [-0.39, 0.29) is 19.6 Å². The molecule has 0 aliphatic carbocycles. The first-order chi connectivity index (χ1) is 33.6. The van der Waals surface area contributed by atoms with Crippen molar-refractivity contribution in [2.45, 2.75) is 263 Å². The molecule has 0 radical (unpaired) electrons. The van der Waals surface area contributed by atoms with E-state index in [1.807, 2.05) is 0 Å². The van der Waals surface area contributed by atoms with Gasteiger partial charge in [-0.2, -0.15) is 8.42 Å². The zero-order valence-corrected chi connectivity index (χ0v) is 44.2. The molecule has 69 heavy (non-hydrogen) atoms. The minimum absolute atomic E-state index is 0.0272. The Morgan fingerprint density at radius 2 is 0.957 bits per heavy atom. The van der Waals surface area contributed by atoms with Crippen LogP contribution < -0.4 is 0 Å². The number of hydrogen-bond acceptors (Lipinski definition) is 11. The molecule has 0 aromatic heterocycles. The molecule has 4 N–H and O–H groups in total. The number of carbonyl (C=O) groups is 1.